The number of hydrogen-bond donors (Lipinski definition) is 0. The van der Waals surface area contributed by atoms with E-state index in [-0.39, 0.29) is 12.1 Å². The predicted molar refractivity (Wildman–Crippen MR) is 96.0 cm³/mol. The van der Waals surface area contributed by atoms with Gasteiger partial charge in [-0.1, -0.05) is 6.07 Å². The van der Waals surface area contributed by atoms with Gasteiger partial charge in [0.2, 0.25) is 10.0 Å². The van der Waals surface area contributed by atoms with E-state index in [2.05, 4.69) is 11.4 Å². The average molecular weight is 364 g/mol. The van der Waals surface area contributed by atoms with Crippen LogP contribution in [0.3, 0.4) is 0 Å². The quantitative estimate of drug-likeness (QED) is 0.838. The summed E-state index contributed by atoms with van der Waals surface area (Å²) in [5.41, 5.74) is 3.84. The van der Waals surface area contributed by atoms with Crippen LogP contribution in [-0.2, 0) is 21.2 Å². The minimum Gasteiger partial charge on any atom is -0.371 e. The Kier molecular flexibility index (Phi) is 3.89. The van der Waals surface area contributed by atoms with E-state index in [1.165, 1.54) is 10.6 Å². The molecule has 1 saturated heterocycles. The third-order valence-corrected chi connectivity index (χ3v) is 6.82. The molecule has 1 aromatic carbocycles. The Labute approximate surface area is 146 Å². The maximum absolute atomic E-state index is 12.0. The molecule has 0 bridgehead atoms. The van der Waals surface area contributed by atoms with Crippen LogP contribution >= 0.6 is 11.3 Å². The zero-order valence-electron chi connectivity index (χ0n) is 13.7. The Morgan fingerprint density at radius 3 is 2.92 bits per heavy atom. The van der Waals surface area contributed by atoms with Gasteiger partial charge in [-0.15, -0.1) is 11.3 Å². The molecule has 0 amide bonds. The predicted octanol–water partition coefficient (Wildman–Crippen LogP) is 3.37. The normalized spacial score (nSPS) is 23.7. The number of sulfonamides is 1. The highest BCUT2D eigenvalue weighted by Crippen LogP contribution is 2.38. The Bertz CT molecular complexity index is 870. The molecule has 5 nitrogen and oxygen atoms in total. The van der Waals surface area contributed by atoms with Gasteiger partial charge in [-0.05, 0) is 43.9 Å². The van der Waals surface area contributed by atoms with Crippen molar-refractivity contribution in [3.05, 3.63) is 34.2 Å². The molecule has 1 aromatic heterocycles. The molecule has 2 aliphatic rings. The Morgan fingerprint density at radius 2 is 2.21 bits per heavy atom. The number of benzene rings is 1. The molecule has 0 saturated carbocycles. The molecule has 2 unspecified atom stereocenters. The topological polar surface area (TPSA) is 59.5 Å². The number of hydrogen-bond acceptors (Lipinski definition) is 5. The summed E-state index contributed by atoms with van der Waals surface area (Å²) in [5.74, 6) is 0. The number of anilines is 1. The zero-order chi connectivity index (χ0) is 16.9. The molecule has 0 spiro atoms. The number of fused-ring (bicyclic) bond motifs is 1. The van der Waals surface area contributed by atoms with Gasteiger partial charge >= 0.3 is 0 Å². The minimum absolute atomic E-state index is 0.0388. The fraction of sp³-hybridized carbons (Fsp3) is 0.471. The molecule has 0 N–H and O–H groups in total. The number of ether oxygens (including phenoxy) is 1. The van der Waals surface area contributed by atoms with E-state index in [0.717, 1.165) is 53.4 Å². The van der Waals surface area contributed by atoms with E-state index in [1.54, 1.807) is 11.3 Å². The lowest BCUT2D eigenvalue weighted by Gasteiger charge is -2.21. The van der Waals surface area contributed by atoms with E-state index in [0.29, 0.717) is 0 Å². The van der Waals surface area contributed by atoms with Crippen molar-refractivity contribution in [2.24, 2.45) is 0 Å². The molecule has 24 heavy (non-hydrogen) atoms. The van der Waals surface area contributed by atoms with Crippen LogP contribution in [0.5, 0.6) is 0 Å². The fourth-order valence-electron chi connectivity index (χ4n) is 3.61. The van der Waals surface area contributed by atoms with Crippen molar-refractivity contribution >= 4 is 27.0 Å². The van der Waals surface area contributed by atoms with Gasteiger partial charge in [-0.3, -0.25) is 4.31 Å². The van der Waals surface area contributed by atoms with Crippen molar-refractivity contribution in [1.29, 1.82) is 0 Å². The SMILES string of the molecule is CC1Cc2cc(-c3csc(C4CCCO4)n3)ccc2N1S(C)(=O)=O. The summed E-state index contributed by atoms with van der Waals surface area (Å²) in [5, 5.41) is 3.10. The lowest BCUT2D eigenvalue weighted by Crippen LogP contribution is -2.34. The van der Waals surface area contributed by atoms with E-state index in [9.17, 15) is 8.42 Å². The molecule has 2 atom stereocenters. The molecule has 2 aromatic rings. The highest BCUT2D eigenvalue weighted by atomic mass is 32.2. The first-order valence-corrected chi connectivity index (χ1v) is 10.9. The summed E-state index contributed by atoms with van der Waals surface area (Å²) in [4.78, 5) is 4.74. The Hall–Kier alpha value is -1.44. The number of nitrogens with zero attached hydrogens (tertiary/aromatic N) is 2. The molecule has 0 radical (unpaired) electrons. The van der Waals surface area contributed by atoms with Crippen LogP contribution < -0.4 is 4.31 Å². The summed E-state index contributed by atoms with van der Waals surface area (Å²) < 4.78 is 31.2. The van der Waals surface area contributed by atoms with Crippen molar-refractivity contribution in [3.63, 3.8) is 0 Å². The Morgan fingerprint density at radius 1 is 1.38 bits per heavy atom. The van der Waals surface area contributed by atoms with E-state index in [1.807, 2.05) is 19.1 Å². The number of aromatic nitrogens is 1. The van der Waals surface area contributed by atoms with Crippen LogP contribution in [0, 0.1) is 0 Å². The third-order valence-electron chi connectivity index (χ3n) is 4.61. The summed E-state index contributed by atoms with van der Waals surface area (Å²) in [6.07, 6.45) is 4.27. The van der Waals surface area contributed by atoms with Crippen LogP contribution in [0.15, 0.2) is 23.6 Å². The van der Waals surface area contributed by atoms with Gasteiger partial charge in [-0.25, -0.2) is 13.4 Å². The van der Waals surface area contributed by atoms with Crippen molar-refractivity contribution in [3.8, 4) is 11.3 Å². The van der Waals surface area contributed by atoms with Gasteiger partial charge < -0.3 is 4.74 Å². The lowest BCUT2D eigenvalue weighted by atomic mass is 10.1. The molecule has 4 rings (SSSR count). The van der Waals surface area contributed by atoms with Gasteiger partial charge in [0.15, 0.2) is 0 Å². The van der Waals surface area contributed by atoms with Crippen molar-refractivity contribution < 1.29 is 13.2 Å². The molecule has 3 heterocycles. The Balaban J connectivity index is 1.66. The highest BCUT2D eigenvalue weighted by Gasteiger charge is 2.32. The summed E-state index contributed by atoms with van der Waals surface area (Å²) in [6, 6.07) is 5.90. The van der Waals surface area contributed by atoms with Gasteiger partial charge in [0.1, 0.15) is 11.1 Å². The molecule has 0 aliphatic carbocycles. The second kappa shape index (κ2) is 5.82. The van der Waals surface area contributed by atoms with Gasteiger partial charge in [0.25, 0.3) is 0 Å². The standard InChI is InChI=1S/C17H20N2O3S2/c1-11-8-13-9-12(5-6-15(13)19(11)24(2,20)21)14-10-23-17(18-14)16-4-3-7-22-16/h5-6,9-11,16H,3-4,7-8H2,1-2H3. The monoisotopic (exact) mass is 364 g/mol. The molecule has 7 heteroatoms. The van der Waals surface area contributed by atoms with Crippen molar-refractivity contribution in [2.75, 3.05) is 17.2 Å². The van der Waals surface area contributed by atoms with Crippen LogP contribution in [0.2, 0.25) is 0 Å². The van der Waals surface area contributed by atoms with Gasteiger partial charge in [-0.2, -0.15) is 0 Å². The second-order valence-electron chi connectivity index (χ2n) is 6.53. The number of thiazole rings is 1. The van der Waals surface area contributed by atoms with Gasteiger partial charge in [0.05, 0.1) is 17.6 Å². The first-order chi connectivity index (χ1) is 11.4. The molecule has 2 aliphatic heterocycles. The van der Waals surface area contributed by atoms with E-state index >= 15 is 0 Å². The highest BCUT2D eigenvalue weighted by molar-refractivity contribution is 7.92. The second-order valence-corrected chi connectivity index (χ2v) is 9.28. The first kappa shape index (κ1) is 16.1. The third kappa shape index (κ3) is 2.74. The largest absolute Gasteiger partial charge is 0.371 e. The summed E-state index contributed by atoms with van der Waals surface area (Å²) >= 11 is 1.64. The molecule has 1 fully saturated rings. The lowest BCUT2D eigenvalue weighted by molar-refractivity contribution is 0.112. The minimum atomic E-state index is -3.25. The van der Waals surface area contributed by atoms with Crippen LogP contribution in [0.1, 0.15) is 36.4 Å². The molecular weight excluding hydrogens is 344 g/mol. The van der Waals surface area contributed by atoms with Crippen LogP contribution in [-0.4, -0.2) is 32.3 Å². The van der Waals surface area contributed by atoms with E-state index < -0.39 is 10.0 Å². The first-order valence-electron chi connectivity index (χ1n) is 8.13. The zero-order valence-corrected chi connectivity index (χ0v) is 15.4. The van der Waals surface area contributed by atoms with E-state index in [4.69, 9.17) is 9.72 Å². The van der Waals surface area contributed by atoms with Crippen molar-refractivity contribution in [2.45, 2.75) is 38.3 Å². The average Bonchev–Trinajstić information content (AvgIpc) is 3.23. The van der Waals surface area contributed by atoms with Crippen LogP contribution in [0.4, 0.5) is 5.69 Å². The van der Waals surface area contributed by atoms with Crippen LogP contribution in [0.25, 0.3) is 11.3 Å². The summed E-state index contributed by atoms with van der Waals surface area (Å²) in [6.45, 7) is 2.76. The maximum atomic E-state index is 12.0. The van der Waals surface area contributed by atoms with Crippen molar-refractivity contribution in [1.82, 2.24) is 4.98 Å². The molecular formula is C17H20N2O3S2. The maximum Gasteiger partial charge on any atom is 0.232 e. The fourth-order valence-corrected chi connectivity index (χ4v) is 5.78. The molecule has 128 valence electrons. The summed E-state index contributed by atoms with van der Waals surface area (Å²) in [7, 11) is -3.25. The van der Waals surface area contributed by atoms with Gasteiger partial charge in [0, 0.05) is 23.6 Å². The number of rotatable bonds is 3. The smallest absolute Gasteiger partial charge is 0.232 e.